The van der Waals surface area contributed by atoms with Crippen LogP contribution in [0, 0.1) is 0 Å². The monoisotopic (exact) mass is 450 g/mol. The van der Waals surface area contributed by atoms with E-state index in [1.165, 1.54) is 0 Å². The lowest BCUT2D eigenvalue weighted by molar-refractivity contribution is 0.0576. The normalized spacial score (nSPS) is 15.1. The fourth-order valence-corrected chi connectivity index (χ4v) is 3.77. The van der Waals surface area contributed by atoms with Crippen molar-refractivity contribution in [1.82, 2.24) is 0 Å². The highest BCUT2D eigenvalue weighted by molar-refractivity contribution is 7.47. The Kier molecular flexibility index (Phi) is 11.7. The summed E-state index contributed by atoms with van der Waals surface area (Å²) < 4.78 is 34.9. The predicted molar refractivity (Wildman–Crippen MR) is 122 cm³/mol. The first-order valence-electron chi connectivity index (χ1n) is 11.1. The largest absolute Gasteiger partial charge is 0.488 e. The smallest absolute Gasteiger partial charge is 0.472 e. The summed E-state index contributed by atoms with van der Waals surface area (Å²) >= 11 is 0. The summed E-state index contributed by atoms with van der Waals surface area (Å²) in [5, 5.41) is 0. The molecule has 1 N–H and O–H groups in total. The highest BCUT2D eigenvalue weighted by Crippen LogP contribution is 2.44. The van der Waals surface area contributed by atoms with Gasteiger partial charge in [0.2, 0.25) is 0 Å². The van der Waals surface area contributed by atoms with Crippen molar-refractivity contribution in [3.8, 4) is 11.5 Å². The number of unbranched alkanes of at least 4 members (excludes halogenated alkanes) is 2. The molecule has 7 heteroatoms. The molecule has 0 fully saturated rings. The van der Waals surface area contributed by atoms with Gasteiger partial charge in [0.25, 0.3) is 0 Å². The lowest BCUT2D eigenvalue weighted by Crippen LogP contribution is -2.25. The van der Waals surface area contributed by atoms with Crippen molar-refractivity contribution in [2.45, 2.75) is 64.6 Å². The second kappa shape index (κ2) is 14.3. The molecule has 0 heterocycles. The second-order valence-electron chi connectivity index (χ2n) is 7.45. The fourth-order valence-electron chi connectivity index (χ4n) is 2.99. The number of benzene rings is 2. The van der Waals surface area contributed by atoms with Gasteiger partial charge in [0.15, 0.2) is 0 Å². The topological polar surface area (TPSA) is 74.2 Å². The molecule has 2 unspecified atom stereocenters. The van der Waals surface area contributed by atoms with E-state index in [0.29, 0.717) is 11.5 Å². The highest BCUT2D eigenvalue weighted by atomic mass is 31.2. The number of rotatable bonds is 16. The van der Waals surface area contributed by atoms with E-state index in [2.05, 4.69) is 13.8 Å². The number of phosphoric ester groups is 1. The molecule has 0 radical (unpaired) electrons. The summed E-state index contributed by atoms with van der Waals surface area (Å²) in [6, 6.07) is 18.8. The fraction of sp³-hybridized carbons (Fsp3) is 0.500. The molecule has 0 amide bonds. The molecule has 172 valence electrons. The highest BCUT2D eigenvalue weighted by Gasteiger charge is 2.26. The van der Waals surface area contributed by atoms with Gasteiger partial charge in [0.05, 0.1) is 13.2 Å². The number of hydrogen-bond acceptors (Lipinski definition) is 5. The summed E-state index contributed by atoms with van der Waals surface area (Å²) in [7, 11) is -4.23. The van der Waals surface area contributed by atoms with E-state index in [9.17, 15) is 9.46 Å². The molecule has 2 aromatic rings. The first kappa shape index (κ1) is 25.4. The Morgan fingerprint density at radius 3 is 1.48 bits per heavy atom. The first-order chi connectivity index (χ1) is 15.0. The van der Waals surface area contributed by atoms with E-state index in [1.807, 2.05) is 60.7 Å². The standard InChI is InChI=1S/C24H35O6P/c1-3-5-13-23(29-21-15-9-7-10-16-21)19-27-31(25,26)28-20-24(14-6-4-2)30-22-17-11-8-12-18-22/h7-12,15-18,23-24H,3-6,13-14,19-20H2,1-2H3,(H,25,26). The van der Waals surface area contributed by atoms with Gasteiger partial charge in [0, 0.05) is 0 Å². The Labute approximate surface area is 186 Å². The van der Waals surface area contributed by atoms with Gasteiger partial charge >= 0.3 is 7.82 Å². The maximum absolute atomic E-state index is 12.5. The van der Waals surface area contributed by atoms with Gasteiger partial charge in [-0.05, 0) is 49.9 Å². The van der Waals surface area contributed by atoms with Crippen LogP contribution < -0.4 is 9.47 Å². The molecule has 2 atom stereocenters. The van der Waals surface area contributed by atoms with Gasteiger partial charge in [-0.2, -0.15) is 0 Å². The average molecular weight is 451 g/mol. The first-order valence-corrected chi connectivity index (χ1v) is 12.6. The van der Waals surface area contributed by atoms with Crippen LogP contribution in [0.1, 0.15) is 52.4 Å². The van der Waals surface area contributed by atoms with Crippen molar-refractivity contribution in [1.29, 1.82) is 0 Å². The maximum atomic E-state index is 12.5. The van der Waals surface area contributed by atoms with Crippen LogP contribution in [0.2, 0.25) is 0 Å². The van der Waals surface area contributed by atoms with E-state index in [4.69, 9.17) is 18.5 Å². The van der Waals surface area contributed by atoms with E-state index in [1.54, 1.807) is 0 Å². The van der Waals surface area contributed by atoms with Crippen LogP contribution in [-0.4, -0.2) is 30.3 Å². The van der Waals surface area contributed by atoms with Crippen molar-refractivity contribution in [3.63, 3.8) is 0 Å². The van der Waals surface area contributed by atoms with Crippen LogP contribution in [0.25, 0.3) is 0 Å². The van der Waals surface area contributed by atoms with Gasteiger partial charge in [-0.1, -0.05) is 63.1 Å². The minimum absolute atomic E-state index is 0.0260. The molecule has 2 aromatic carbocycles. The van der Waals surface area contributed by atoms with Crippen molar-refractivity contribution < 1.29 is 28.0 Å². The van der Waals surface area contributed by atoms with Gasteiger partial charge in [0.1, 0.15) is 23.7 Å². The molecular weight excluding hydrogens is 415 g/mol. The lowest BCUT2D eigenvalue weighted by atomic mass is 10.2. The molecule has 0 saturated heterocycles. The number of phosphoric acid groups is 1. The van der Waals surface area contributed by atoms with Gasteiger partial charge in [-0.3, -0.25) is 9.05 Å². The van der Waals surface area contributed by atoms with Gasteiger partial charge in [-0.25, -0.2) is 4.57 Å². The predicted octanol–water partition coefficient (Wildman–Crippen LogP) is 6.40. The van der Waals surface area contributed by atoms with E-state index in [-0.39, 0.29) is 25.4 Å². The number of ether oxygens (including phenoxy) is 2. The zero-order chi connectivity index (χ0) is 22.4. The van der Waals surface area contributed by atoms with Crippen molar-refractivity contribution in [3.05, 3.63) is 60.7 Å². The summed E-state index contributed by atoms with van der Waals surface area (Å²) in [6.45, 7) is 4.12. The van der Waals surface area contributed by atoms with Crippen LogP contribution in [-0.2, 0) is 13.6 Å². The van der Waals surface area contributed by atoms with Crippen molar-refractivity contribution in [2.75, 3.05) is 13.2 Å². The van der Waals surface area contributed by atoms with Crippen molar-refractivity contribution in [2.24, 2.45) is 0 Å². The van der Waals surface area contributed by atoms with Crippen LogP contribution in [0.15, 0.2) is 60.7 Å². The Balaban J connectivity index is 1.88. The maximum Gasteiger partial charge on any atom is 0.472 e. The number of para-hydroxylation sites is 2. The third-order valence-corrected chi connectivity index (χ3v) is 5.65. The Hall–Kier alpha value is -1.85. The summed E-state index contributed by atoms with van der Waals surface area (Å²) in [5.41, 5.74) is 0. The summed E-state index contributed by atoms with van der Waals surface area (Å²) in [6.07, 6.45) is 4.65. The van der Waals surface area contributed by atoms with Crippen LogP contribution in [0.5, 0.6) is 11.5 Å². The van der Waals surface area contributed by atoms with Crippen LogP contribution in [0.4, 0.5) is 0 Å². The van der Waals surface area contributed by atoms with Gasteiger partial charge < -0.3 is 14.4 Å². The third kappa shape index (κ3) is 10.8. The van der Waals surface area contributed by atoms with Crippen LogP contribution in [0.3, 0.4) is 0 Å². The SMILES string of the molecule is CCCCC(COP(=O)(O)OCC(CCCC)Oc1ccccc1)Oc1ccccc1. The molecule has 0 aromatic heterocycles. The summed E-state index contributed by atoms with van der Waals surface area (Å²) in [4.78, 5) is 10.2. The molecule has 0 aliphatic carbocycles. The molecule has 2 rings (SSSR count). The third-order valence-electron chi connectivity index (χ3n) is 4.70. The summed E-state index contributed by atoms with van der Waals surface area (Å²) in [5.74, 6) is 1.41. The molecular formula is C24H35O6P. The zero-order valence-electron chi connectivity index (χ0n) is 18.5. The average Bonchev–Trinajstić information content (AvgIpc) is 2.79. The Bertz CT molecular complexity index is 694. The molecule has 0 spiro atoms. The minimum Gasteiger partial charge on any atom is -0.488 e. The molecule has 6 nitrogen and oxygen atoms in total. The second-order valence-corrected chi connectivity index (χ2v) is 8.90. The van der Waals surface area contributed by atoms with E-state index >= 15 is 0 Å². The molecule has 0 bridgehead atoms. The van der Waals surface area contributed by atoms with E-state index < -0.39 is 7.82 Å². The van der Waals surface area contributed by atoms with Crippen LogP contribution >= 0.6 is 7.82 Å². The Morgan fingerprint density at radius 2 is 1.13 bits per heavy atom. The molecule has 0 aliphatic rings. The molecule has 0 aliphatic heterocycles. The molecule has 31 heavy (non-hydrogen) atoms. The Morgan fingerprint density at radius 1 is 0.742 bits per heavy atom. The van der Waals surface area contributed by atoms with E-state index in [0.717, 1.165) is 38.5 Å². The quantitative estimate of drug-likeness (QED) is 0.299. The van der Waals surface area contributed by atoms with Crippen molar-refractivity contribution >= 4 is 7.82 Å². The minimum atomic E-state index is -4.23. The zero-order valence-corrected chi connectivity index (χ0v) is 19.4. The molecule has 0 saturated carbocycles. The number of hydrogen-bond donors (Lipinski definition) is 1. The lowest BCUT2D eigenvalue weighted by Gasteiger charge is -2.23. The van der Waals surface area contributed by atoms with Gasteiger partial charge in [-0.15, -0.1) is 0 Å².